The molecule has 1 fully saturated rings. The summed E-state index contributed by atoms with van der Waals surface area (Å²) >= 11 is 0. The van der Waals surface area contributed by atoms with E-state index in [4.69, 9.17) is 10.5 Å². The molecule has 19 heavy (non-hydrogen) atoms. The third-order valence-corrected chi connectivity index (χ3v) is 3.52. The molecule has 2 aromatic heterocycles. The Morgan fingerprint density at radius 1 is 1.53 bits per heavy atom. The Bertz CT molecular complexity index is 542. The molecule has 0 spiro atoms. The average molecular weight is 262 g/mol. The molecule has 1 saturated heterocycles. The molecular formula is C12H18N6O. The maximum absolute atomic E-state index is 6.32. The standard InChI is InChI=1S/C12H18N6O/c1-17-8-15-11(16-17)5-18-7-14-4-10(18)12(13)9-2-3-19-6-9/h4,7-9,12H,2-3,5-6,13H2,1H3. The smallest absolute Gasteiger partial charge is 0.170 e. The van der Waals surface area contributed by atoms with E-state index >= 15 is 0 Å². The van der Waals surface area contributed by atoms with Crippen LogP contribution in [-0.2, 0) is 18.3 Å². The molecule has 0 bridgehead atoms. The van der Waals surface area contributed by atoms with Gasteiger partial charge in [0.2, 0.25) is 0 Å². The Kier molecular flexibility index (Phi) is 3.31. The minimum Gasteiger partial charge on any atom is -0.381 e. The lowest BCUT2D eigenvalue weighted by molar-refractivity contribution is 0.180. The van der Waals surface area contributed by atoms with E-state index in [-0.39, 0.29) is 6.04 Å². The molecule has 2 atom stereocenters. The van der Waals surface area contributed by atoms with Crippen molar-refractivity contribution < 1.29 is 4.74 Å². The van der Waals surface area contributed by atoms with Gasteiger partial charge < -0.3 is 15.0 Å². The van der Waals surface area contributed by atoms with Gasteiger partial charge in [-0.3, -0.25) is 4.68 Å². The summed E-state index contributed by atoms with van der Waals surface area (Å²) in [4.78, 5) is 8.42. The second kappa shape index (κ2) is 5.10. The Labute approximate surface area is 111 Å². The van der Waals surface area contributed by atoms with E-state index in [1.54, 1.807) is 17.3 Å². The molecule has 2 aromatic rings. The van der Waals surface area contributed by atoms with Gasteiger partial charge in [-0.2, -0.15) is 5.10 Å². The molecule has 0 radical (unpaired) electrons. The maximum atomic E-state index is 6.32. The van der Waals surface area contributed by atoms with Crippen LogP contribution in [0.2, 0.25) is 0 Å². The van der Waals surface area contributed by atoms with Crippen molar-refractivity contribution in [1.82, 2.24) is 24.3 Å². The molecule has 0 aliphatic carbocycles. The number of aromatic nitrogens is 5. The molecule has 0 saturated carbocycles. The molecule has 2 N–H and O–H groups in total. The second-order valence-corrected chi connectivity index (χ2v) is 4.93. The van der Waals surface area contributed by atoms with Crippen LogP contribution in [0.4, 0.5) is 0 Å². The maximum Gasteiger partial charge on any atom is 0.170 e. The first-order valence-electron chi connectivity index (χ1n) is 6.42. The lowest BCUT2D eigenvalue weighted by Gasteiger charge is -2.18. The Hall–Kier alpha value is -1.73. The highest BCUT2D eigenvalue weighted by atomic mass is 16.5. The highest BCUT2D eigenvalue weighted by Gasteiger charge is 2.26. The summed E-state index contributed by atoms with van der Waals surface area (Å²) in [6, 6.07) is -0.0475. The summed E-state index contributed by atoms with van der Waals surface area (Å²) in [5.74, 6) is 1.13. The fraction of sp³-hybridized carbons (Fsp3) is 0.583. The number of imidazole rings is 1. The number of rotatable bonds is 4. The number of aryl methyl sites for hydroxylation is 1. The van der Waals surface area contributed by atoms with Crippen molar-refractivity contribution in [2.75, 3.05) is 13.2 Å². The van der Waals surface area contributed by atoms with Crippen molar-refractivity contribution >= 4 is 0 Å². The van der Waals surface area contributed by atoms with Crippen LogP contribution < -0.4 is 5.73 Å². The number of nitrogens with two attached hydrogens (primary N) is 1. The van der Waals surface area contributed by atoms with Crippen LogP contribution in [-0.4, -0.2) is 37.5 Å². The summed E-state index contributed by atoms with van der Waals surface area (Å²) in [7, 11) is 1.85. The van der Waals surface area contributed by atoms with Gasteiger partial charge in [0.05, 0.1) is 31.2 Å². The Morgan fingerprint density at radius 3 is 3.11 bits per heavy atom. The lowest BCUT2D eigenvalue weighted by Crippen LogP contribution is -2.24. The second-order valence-electron chi connectivity index (χ2n) is 4.93. The van der Waals surface area contributed by atoms with Crippen molar-refractivity contribution in [3.63, 3.8) is 0 Å². The summed E-state index contributed by atoms with van der Waals surface area (Å²) in [6.07, 6.45) is 6.30. The van der Waals surface area contributed by atoms with Crippen LogP contribution in [0.3, 0.4) is 0 Å². The van der Waals surface area contributed by atoms with Gasteiger partial charge in [0, 0.05) is 25.8 Å². The summed E-state index contributed by atoms with van der Waals surface area (Å²) in [5.41, 5.74) is 7.33. The van der Waals surface area contributed by atoms with Crippen LogP contribution in [0.15, 0.2) is 18.9 Å². The van der Waals surface area contributed by atoms with Gasteiger partial charge in [0.25, 0.3) is 0 Å². The zero-order chi connectivity index (χ0) is 13.2. The third-order valence-electron chi connectivity index (χ3n) is 3.52. The summed E-state index contributed by atoms with van der Waals surface area (Å²) in [5, 5.41) is 4.27. The first kappa shape index (κ1) is 12.3. The normalized spacial score (nSPS) is 20.8. The molecule has 3 rings (SSSR count). The quantitative estimate of drug-likeness (QED) is 0.844. The Morgan fingerprint density at radius 2 is 2.42 bits per heavy atom. The Balaban J connectivity index is 1.77. The van der Waals surface area contributed by atoms with Crippen LogP contribution in [0.5, 0.6) is 0 Å². The highest BCUT2D eigenvalue weighted by Crippen LogP contribution is 2.26. The van der Waals surface area contributed by atoms with Crippen LogP contribution in [0.25, 0.3) is 0 Å². The fourth-order valence-electron chi connectivity index (χ4n) is 2.43. The third kappa shape index (κ3) is 2.52. The van der Waals surface area contributed by atoms with Crippen LogP contribution in [0.1, 0.15) is 24.0 Å². The van der Waals surface area contributed by atoms with E-state index < -0.39 is 0 Å². The van der Waals surface area contributed by atoms with Crippen molar-refractivity contribution in [2.45, 2.75) is 19.0 Å². The molecule has 102 valence electrons. The predicted molar refractivity (Wildman–Crippen MR) is 68.2 cm³/mol. The number of ether oxygens (including phenoxy) is 1. The monoisotopic (exact) mass is 262 g/mol. The summed E-state index contributed by atoms with van der Waals surface area (Å²) in [6.45, 7) is 2.12. The van der Waals surface area contributed by atoms with E-state index in [1.165, 1.54) is 0 Å². The predicted octanol–water partition coefficient (Wildman–Crippen LogP) is 0.0962. The molecule has 1 aliphatic rings. The molecular weight excluding hydrogens is 244 g/mol. The van der Waals surface area contributed by atoms with Crippen molar-refractivity contribution in [1.29, 1.82) is 0 Å². The zero-order valence-electron chi connectivity index (χ0n) is 10.9. The van der Waals surface area contributed by atoms with Gasteiger partial charge >= 0.3 is 0 Å². The molecule has 7 nitrogen and oxygen atoms in total. The lowest BCUT2D eigenvalue weighted by atomic mass is 9.97. The molecule has 7 heteroatoms. The first-order valence-corrected chi connectivity index (χ1v) is 6.42. The number of nitrogens with zero attached hydrogens (tertiary/aromatic N) is 5. The molecule has 2 unspecified atom stereocenters. The van der Waals surface area contributed by atoms with E-state index in [0.29, 0.717) is 12.5 Å². The number of hydrogen-bond donors (Lipinski definition) is 1. The number of hydrogen-bond acceptors (Lipinski definition) is 5. The van der Waals surface area contributed by atoms with Gasteiger partial charge in [-0.05, 0) is 6.42 Å². The van der Waals surface area contributed by atoms with E-state index in [9.17, 15) is 0 Å². The van der Waals surface area contributed by atoms with E-state index in [1.807, 2.05) is 17.8 Å². The van der Waals surface area contributed by atoms with E-state index in [2.05, 4.69) is 15.1 Å². The van der Waals surface area contributed by atoms with Gasteiger partial charge in [-0.25, -0.2) is 9.97 Å². The SMILES string of the molecule is Cn1cnc(Cn2cncc2C(N)C2CCOC2)n1. The highest BCUT2D eigenvalue weighted by molar-refractivity contribution is 5.08. The van der Waals surface area contributed by atoms with Gasteiger partial charge in [-0.1, -0.05) is 0 Å². The van der Waals surface area contributed by atoms with Gasteiger partial charge in [0.15, 0.2) is 5.82 Å². The minimum atomic E-state index is -0.0475. The fourth-order valence-corrected chi connectivity index (χ4v) is 2.43. The van der Waals surface area contributed by atoms with Crippen LogP contribution in [0, 0.1) is 5.92 Å². The van der Waals surface area contributed by atoms with Crippen LogP contribution >= 0.6 is 0 Å². The largest absolute Gasteiger partial charge is 0.381 e. The average Bonchev–Trinajstić information content (AvgIpc) is 3.10. The molecule has 0 amide bonds. The molecule has 0 aromatic carbocycles. The zero-order valence-corrected chi connectivity index (χ0v) is 10.9. The summed E-state index contributed by atoms with van der Waals surface area (Å²) < 4.78 is 9.10. The minimum absolute atomic E-state index is 0.0475. The van der Waals surface area contributed by atoms with Crippen molar-refractivity contribution in [3.05, 3.63) is 30.4 Å². The van der Waals surface area contributed by atoms with Crippen molar-refractivity contribution in [3.8, 4) is 0 Å². The molecule has 3 heterocycles. The van der Waals surface area contributed by atoms with E-state index in [0.717, 1.165) is 31.2 Å². The van der Waals surface area contributed by atoms with Crippen molar-refractivity contribution in [2.24, 2.45) is 18.7 Å². The van der Waals surface area contributed by atoms with Gasteiger partial charge in [0.1, 0.15) is 6.33 Å². The first-order chi connectivity index (χ1) is 9.24. The molecule has 1 aliphatic heterocycles. The van der Waals surface area contributed by atoms with Gasteiger partial charge in [-0.15, -0.1) is 0 Å². The topological polar surface area (TPSA) is 83.8 Å².